The summed E-state index contributed by atoms with van der Waals surface area (Å²) in [6.45, 7) is 2.09. The molecule has 1 aliphatic carbocycles. The number of hydrogen-bond acceptors (Lipinski definition) is 1. The molecule has 1 aliphatic rings. The van der Waals surface area contributed by atoms with Crippen molar-refractivity contribution in [1.82, 2.24) is 4.98 Å². The molecule has 1 aromatic heterocycles. The maximum atomic E-state index is 4.32. The van der Waals surface area contributed by atoms with Gasteiger partial charge in [-0.05, 0) is 24.6 Å². The van der Waals surface area contributed by atoms with E-state index in [1.165, 1.54) is 5.56 Å². The Hall–Kier alpha value is -1.37. The van der Waals surface area contributed by atoms with Crippen LogP contribution in [0.1, 0.15) is 17.2 Å². The third-order valence-corrected chi connectivity index (χ3v) is 2.03. The first kappa shape index (κ1) is 7.29. The Morgan fingerprint density at radius 1 is 1.25 bits per heavy atom. The van der Waals surface area contributed by atoms with Gasteiger partial charge in [0.25, 0.3) is 0 Å². The number of rotatable bonds is 1. The summed E-state index contributed by atoms with van der Waals surface area (Å²) in [5.74, 6) is 0.393. The van der Waals surface area contributed by atoms with Crippen LogP contribution < -0.4 is 0 Å². The molecule has 0 bridgehead atoms. The van der Waals surface area contributed by atoms with Gasteiger partial charge in [0.2, 0.25) is 0 Å². The van der Waals surface area contributed by atoms with E-state index in [1.807, 2.05) is 12.3 Å². The predicted octanol–water partition coefficient (Wildman–Crippen LogP) is 2.60. The standard InChI is InChI=1S/C11H11N/c1-9-6-7-12-11(8-9)10-4-2-3-5-10/h2-8,10H,1H3. The van der Waals surface area contributed by atoms with E-state index in [0.29, 0.717) is 5.92 Å². The first-order valence-electron chi connectivity index (χ1n) is 4.14. The zero-order chi connectivity index (χ0) is 8.39. The third-order valence-electron chi connectivity index (χ3n) is 2.03. The molecule has 1 heteroatoms. The van der Waals surface area contributed by atoms with Crippen LogP contribution in [0.25, 0.3) is 0 Å². The van der Waals surface area contributed by atoms with Crippen LogP contribution >= 0.6 is 0 Å². The molecular weight excluding hydrogens is 146 g/mol. The number of allylic oxidation sites excluding steroid dienone is 4. The second-order valence-electron chi connectivity index (χ2n) is 3.05. The molecule has 2 rings (SSSR count). The summed E-state index contributed by atoms with van der Waals surface area (Å²) in [5, 5.41) is 0. The van der Waals surface area contributed by atoms with Crippen molar-refractivity contribution in [2.75, 3.05) is 0 Å². The second-order valence-corrected chi connectivity index (χ2v) is 3.05. The van der Waals surface area contributed by atoms with Gasteiger partial charge in [-0.1, -0.05) is 24.3 Å². The second kappa shape index (κ2) is 2.94. The van der Waals surface area contributed by atoms with Gasteiger partial charge >= 0.3 is 0 Å². The Morgan fingerprint density at radius 2 is 2.00 bits per heavy atom. The van der Waals surface area contributed by atoms with Crippen LogP contribution in [0.2, 0.25) is 0 Å². The van der Waals surface area contributed by atoms with Crippen molar-refractivity contribution in [2.45, 2.75) is 12.8 Å². The fourth-order valence-electron chi connectivity index (χ4n) is 1.37. The summed E-state index contributed by atoms with van der Waals surface area (Å²) < 4.78 is 0. The minimum absolute atomic E-state index is 0.393. The van der Waals surface area contributed by atoms with Gasteiger partial charge in [-0.2, -0.15) is 0 Å². The van der Waals surface area contributed by atoms with Crippen molar-refractivity contribution in [3.05, 3.63) is 53.9 Å². The highest BCUT2D eigenvalue weighted by atomic mass is 14.7. The maximum Gasteiger partial charge on any atom is 0.0513 e. The molecule has 1 heterocycles. The fraction of sp³-hybridized carbons (Fsp3) is 0.182. The van der Waals surface area contributed by atoms with Crippen LogP contribution in [0.4, 0.5) is 0 Å². The Kier molecular flexibility index (Phi) is 1.78. The Morgan fingerprint density at radius 3 is 2.67 bits per heavy atom. The van der Waals surface area contributed by atoms with Gasteiger partial charge in [0.05, 0.1) is 5.69 Å². The molecule has 0 aliphatic heterocycles. The number of nitrogens with zero attached hydrogens (tertiary/aromatic N) is 1. The van der Waals surface area contributed by atoms with Crippen LogP contribution in [-0.4, -0.2) is 4.98 Å². The molecule has 1 nitrogen and oxygen atoms in total. The minimum atomic E-state index is 0.393. The van der Waals surface area contributed by atoms with Crippen LogP contribution in [0.15, 0.2) is 42.6 Å². The van der Waals surface area contributed by atoms with Gasteiger partial charge in [0.1, 0.15) is 0 Å². The summed E-state index contributed by atoms with van der Waals surface area (Å²) >= 11 is 0. The Bertz CT molecular complexity index is 325. The summed E-state index contributed by atoms with van der Waals surface area (Å²) in [6.07, 6.45) is 10.3. The van der Waals surface area contributed by atoms with E-state index in [-0.39, 0.29) is 0 Å². The van der Waals surface area contributed by atoms with Gasteiger partial charge in [-0.15, -0.1) is 0 Å². The Labute approximate surface area is 72.5 Å². The van der Waals surface area contributed by atoms with Crippen LogP contribution in [0, 0.1) is 6.92 Å². The maximum absolute atomic E-state index is 4.32. The lowest BCUT2D eigenvalue weighted by Crippen LogP contribution is -1.93. The van der Waals surface area contributed by atoms with E-state index in [0.717, 1.165) is 5.69 Å². The molecule has 1 aromatic rings. The molecule has 0 unspecified atom stereocenters. The lowest BCUT2D eigenvalue weighted by molar-refractivity contribution is 0.999. The van der Waals surface area contributed by atoms with Gasteiger partial charge in [0.15, 0.2) is 0 Å². The van der Waals surface area contributed by atoms with Gasteiger partial charge in [0, 0.05) is 12.1 Å². The quantitative estimate of drug-likeness (QED) is 0.610. The molecular formula is C11H11N. The summed E-state index contributed by atoms with van der Waals surface area (Å²) in [5.41, 5.74) is 2.41. The molecule has 0 aromatic carbocycles. The highest BCUT2D eigenvalue weighted by Crippen LogP contribution is 2.20. The van der Waals surface area contributed by atoms with Crippen LogP contribution in [0.5, 0.6) is 0 Å². The average Bonchev–Trinajstić information content (AvgIpc) is 2.56. The largest absolute Gasteiger partial charge is 0.260 e. The van der Waals surface area contributed by atoms with Gasteiger partial charge in [-0.3, -0.25) is 4.98 Å². The zero-order valence-electron chi connectivity index (χ0n) is 7.07. The summed E-state index contributed by atoms with van der Waals surface area (Å²) in [7, 11) is 0. The third kappa shape index (κ3) is 1.30. The highest BCUT2D eigenvalue weighted by Gasteiger charge is 2.07. The SMILES string of the molecule is Cc1ccnc(C2C=CC=C2)c1. The zero-order valence-corrected chi connectivity index (χ0v) is 7.07. The molecule has 0 fully saturated rings. The normalized spacial score (nSPS) is 15.8. The molecule has 0 saturated heterocycles. The van der Waals surface area contributed by atoms with Crippen molar-refractivity contribution < 1.29 is 0 Å². The molecule has 12 heavy (non-hydrogen) atoms. The van der Waals surface area contributed by atoms with E-state index in [1.54, 1.807) is 0 Å². The predicted molar refractivity (Wildman–Crippen MR) is 50.0 cm³/mol. The topological polar surface area (TPSA) is 12.9 Å². The van der Waals surface area contributed by atoms with Crippen molar-refractivity contribution in [1.29, 1.82) is 0 Å². The number of hydrogen-bond donors (Lipinski definition) is 0. The first-order valence-corrected chi connectivity index (χ1v) is 4.14. The Balaban J connectivity index is 2.34. The van der Waals surface area contributed by atoms with Gasteiger partial charge < -0.3 is 0 Å². The molecule has 60 valence electrons. The van der Waals surface area contributed by atoms with Crippen molar-refractivity contribution >= 4 is 0 Å². The highest BCUT2D eigenvalue weighted by molar-refractivity contribution is 5.32. The van der Waals surface area contributed by atoms with E-state index in [2.05, 4.69) is 42.3 Å². The number of aromatic nitrogens is 1. The molecule has 0 N–H and O–H groups in total. The van der Waals surface area contributed by atoms with Crippen molar-refractivity contribution in [3.63, 3.8) is 0 Å². The minimum Gasteiger partial charge on any atom is -0.260 e. The summed E-state index contributed by atoms with van der Waals surface area (Å²) in [4.78, 5) is 4.32. The van der Waals surface area contributed by atoms with E-state index < -0.39 is 0 Å². The fourth-order valence-corrected chi connectivity index (χ4v) is 1.37. The monoisotopic (exact) mass is 157 g/mol. The lowest BCUT2D eigenvalue weighted by Gasteiger charge is -2.04. The number of pyridine rings is 1. The van der Waals surface area contributed by atoms with E-state index >= 15 is 0 Å². The smallest absolute Gasteiger partial charge is 0.0513 e. The lowest BCUT2D eigenvalue weighted by atomic mass is 10.1. The van der Waals surface area contributed by atoms with Crippen molar-refractivity contribution in [2.24, 2.45) is 0 Å². The van der Waals surface area contributed by atoms with E-state index in [9.17, 15) is 0 Å². The molecule has 0 saturated carbocycles. The molecule has 0 radical (unpaired) electrons. The molecule has 0 amide bonds. The molecule has 0 atom stereocenters. The average molecular weight is 157 g/mol. The van der Waals surface area contributed by atoms with E-state index in [4.69, 9.17) is 0 Å². The van der Waals surface area contributed by atoms with Crippen LogP contribution in [-0.2, 0) is 0 Å². The number of aryl methyl sites for hydroxylation is 1. The van der Waals surface area contributed by atoms with Gasteiger partial charge in [-0.25, -0.2) is 0 Å². The molecule has 0 spiro atoms. The van der Waals surface area contributed by atoms with Crippen molar-refractivity contribution in [3.8, 4) is 0 Å². The summed E-state index contributed by atoms with van der Waals surface area (Å²) in [6, 6.07) is 4.15. The first-order chi connectivity index (χ1) is 5.86. The van der Waals surface area contributed by atoms with Crippen LogP contribution in [0.3, 0.4) is 0 Å².